The second-order valence-corrected chi connectivity index (χ2v) is 7.34. The molecule has 2 aromatic rings. The Morgan fingerprint density at radius 1 is 1.26 bits per heavy atom. The Hall–Kier alpha value is -2.18. The number of halogens is 2. The van der Waals surface area contributed by atoms with E-state index < -0.39 is 11.4 Å². The summed E-state index contributed by atoms with van der Waals surface area (Å²) in [7, 11) is 1.41. The van der Waals surface area contributed by atoms with E-state index in [4.69, 9.17) is 9.47 Å². The maximum atomic E-state index is 13.8. The molecule has 0 aliphatic carbocycles. The van der Waals surface area contributed by atoms with Crippen molar-refractivity contribution >= 4 is 27.9 Å². The normalized spacial score (nSPS) is 16.3. The zero-order valence-corrected chi connectivity index (χ0v) is 16.6. The molecular formula is C21H21BrFNO3. The Kier molecular flexibility index (Phi) is 6.29. The number of ether oxygens (including phenoxy) is 2. The number of carbonyl (C=O) groups excluding carboxylic acids is 1. The Morgan fingerprint density at radius 2 is 2.04 bits per heavy atom. The summed E-state index contributed by atoms with van der Waals surface area (Å²) in [5.41, 5.74) is 1.15. The van der Waals surface area contributed by atoms with E-state index in [1.165, 1.54) is 25.3 Å². The lowest BCUT2D eigenvalue weighted by Gasteiger charge is -2.38. The molecule has 6 heteroatoms. The van der Waals surface area contributed by atoms with Gasteiger partial charge in [0.1, 0.15) is 0 Å². The first kappa shape index (κ1) is 19.6. The molecule has 27 heavy (non-hydrogen) atoms. The lowest BCUT2D eigenvalue weighted by atomic mass is 9.82. The van der Waals surface area contributed by atoms with E-state index in [0.29, 0.717) is 31.6 Å². The number of methoxy groups -OCH3 is 1. The first-order valence-electron chi connectivity index (χ1n) is 8.70. The van der Waals surface area contributed by atoms with Crippen LogP contribution in [0.3, 0.4) is 0 Å². The number of benzene rings is 2. The minimum atomic E-state index is -0.478. The summed E-state index contributed by atoms with van der Waals surface area (Å²) in [5.74, 6) is -0.518. The molecule has 4 nitrogen and oxygen atoms in total. The average Bonchev–Trinajstić information content (AvgIpc) is 2.67. The van der Waals surface area contributed by atoms with Crippen molar-refractivity contribution in [3.63, 3.8) is 0 Å². The molecule has 0 radical (unpaired) electrons. The Morgan fingerprint density at radius 3 is 2.70 bits per heavy atom. The van der Waals surface area contributed by atoms with Gasteiger partial charge in [0, 0.05) is 23.8 Å². The minimum absolute atomic E-state index is 0.174. The van der Waals surface area contributed by atoms with E-state index >= 15 is 0 Å². The number of nitrogens with one attached hydrogen (secondary N) is 1. The summed E-state index contributed by atoms with van der Waals surface area (Å²) in [4.78, 5) is 12.6. The molecule has 3 rings (SSSR count). The number of amides is 1. The summed E-state index contributed by atoms with van der Waals surface area (Å²) in [6.45, 7) is 1.17. The van der Waals surface area contributed by atoms with Gasteiger partial charge in [-0.25, -0.2) is 4.39 Å². The first-order valence-corrected chi connectivity index (χ1v) is 9.49. The molecule has 1 amide bonds. The summed E-state index contributed by atoms with van der Waals surface area (Å²) >= 11 is 3.50. The molecule has 0 atom stereocenters. The van der Waals surface area contributed by atoms with Crippen molar-refractivity contribution in [2.24, 2.45) is 0 Å². The van der Waals surface area contributed by atoms with Crippen molar-refractivity contribution in [2.75, 3.05) is 20.3 Å². The average molecular weight is 434 g/mol. The zero-order chi connectivity index (χ0) is 19.3. The fourth-order valence-electron chi connectivity index (χ4n) is 3.23. The third kappa shape index (κ3) is 4.76. The number of hydrogen-bond donors (Lipinski definition) is 1. The lowest BCUT2D eigenvalue weighted by Crippen LogP contribution is -2.49. The van der Waals surface area contributed by atoms with Gasteiger partial charge in [-0.2, -0.15) is 0 Å². The highest BCUT2D eigenvalue weighted by atomic mass is 79.9. The van der Waals surface area contributed by atoms with Crippen molar-refractivity contribution in [3.05, 3.63) is 70.0 Å². The van der Waals surface area contributed by atoms with Crippen molar-refractivity contribution < 1.29 is 18.7 Å². The molecule has 0 saturated carbocycles. The number of hydrogen-bond acceptors (Lipinski definition) is 3. The highest BCUT2D eigenvalue weighted by Gasteiger charge is 2.35. The fourth-order valence-corrected chi connectivity index (χ4v) is 3.63. The molecular weight excluding hydrogens is 413 g/mol. The van der Waals surface area contributed by atoms with E-state index in [1.807, 2.05) is 24.3 Å². The van der Waals surface area contributed by atoms with E-state index in [-0.39, 0.29) is 11.7 Å². The van der Waals surface area contributed by atoms with Gasteiger partial charge in [-0.15, -0.1) is 0 Å². The van der Waals surface area contributed by atoms with Crippen LogP contribution in [0.1, 0.15) is 24.0 Å². The highest BCUT2D eigenvalue weighted by Crippen LogP contribution is 2.33. The van der Waals surface area contributed by atoms with Gasteiger partial charge in [-0.1, -0.05) is 34.1 Å². The smallest absolute Gasteiger partial charge is 0.244 e. The van der Waals surface area contributed by atoms with Gasteiger partial charge in [0.2, 0.25) is 5.91 Å². The van der Waals surface area contributed by atoms with E-state index in [9.17, 15) is 9.18 Å². The van der Waals surface area contributed by atoms with Crippen molar-refractivity contribution in [3.8, 4) is 5.75 Å². The second-order valence-electron chi connectivity index (χ2n) is 6.42. The molecule has 142 valence electrons. The highest BCUT2D eigenvalue weighted by molar-refractivity contribution is 9.10. The summed E-state index contributed by atoms with van der Waals surface area (Å²) in [6, 6.07) is 12.5. The van der Waals surface area contributed by atoms with Crippen LogP contribution in [0, 0.1) is 5.82 Å². The summed E-state index contributed by atoms with van der Waals surface area (Å²) in [5, 5.41) is 3.14. The zero-order valence-electron chi connectivity index (χ0n) is 15.0. The molecule has 1 saturated heterocycles. The lowest BCUT2D eigenvalue weighted by molar-refractivity contribution is -0.119. The largest absolute Gasteiger partial charge is 0.494 e. The van der Waals surface area contributed by atoms with Gasteiger partial charge < -0.3 is 14.8 Å². The van der Waals surface area contributed by atoms with Gasteiger partial charge in [0.05, 0.1) is 12.6 Å². The summed E-state index contributed by atoms with van der Waals surface area (Å²) < 4.78 is 25.1. The van der Waals surface area contributed by atoms with Crippen LogP contribution < -0.4 is 10.1 Å². The van der Waals surface area contributed by atoms with Crippen molar-refractivity contribution in [1.82, 2.24) is 5.32 Å². The first-order chi connectivity index (χ1) is 13.0. The quantitative estimate of drug-likeness (QED) is 0.709. The number of rotatable bonds is 5. The van der Waals surface area contributed by atoms with Gasteiger partial charge in [0.25, 0.3) is 0 Å². The van der Waals surface area contributed by atoms with Crippen molar-refractivity contribution in [1.29, 1.82) is 0 Å². The topological polar surface area (TPSA) is 47.6 Å². The van der Waals surface area contributed by atoms with E-state index in [2.05, 4.69) is 21.2 Å². The molecule has 1 N–H and O–H groups in total. The van der Waals surface area contributed by atoms with Gasteiger partial charge >= 0.3 is 0 Å². The van der Waals surface area contributed by atoms with Crippen LogP contribution in [0.2, 0.25) is 0 Å². The molecule has 1 heterocycles. The van der Waals surface area contributed by atoms with Crippen LogP contribution in [0.4, 0.5) is 4.39 Å². The Labute approximate surface area is 166 Å². The standard InChI is InChI=1S/C21H21BrFNO3/c1-26-19-7-5-15(13-18(19)23)6-8-20(25)24-21(9-11-27-12-10-21)16-3-2-4-17(22)14-16/h2-8,13-14H,9-12H2,1H3,(H,24,25)/b8-6+. The van der Waals surface area contributed by atoms with E-state index in [0.717, 1.165) is 10.0 Å². The third-order valence-corrected chi connectivity index (χ3v) is 5.18. The fraction of sp³-hybridized carbons (Fsp3) is 0.286. The predicted molar refractivity (Wildman–Crippen MR) is 106 cm³/mol. The van der Waals surface area contributed by atoms with Crippen LogP contribution in [0.5, 0.6) is 5.75 Å². The van der Waals surface area contributed by atoms with Gasteiger partial charge in [0.15, 0.2) is 11.6 Å². The molecule has 0 spiro atoms. The minimum Gasteiger partial charge on any atom is -0.494 e. The van der Waals surface area contributed by atoms with Crippen LogP contribution in [0.25, 0.3) is 6.08 Å². The molecule has 0 aromatic heterocycles. The molecule has 2 aromatic carbocycles. The predicted octanol–water partition coefficient (Wildman–Crippen LogP) is 4.43. The third-order valence-electron chi connectivity index (χ3n) is 4.69. The maximum absolute atomic E-state index is 13.8. The molecule has 1 aliphatic heterocycles. The molecule has 0 bridgehead atoms. The van der Waals surface area contributed by atoms with E-state index in [1.54, 1.807) is 12.1 Å². The summed E-state index contributed by atoms with van der Waals surface area (Å²) in [6.07, 6.45) is 4.41. The monoisotopic (exact) mass is 433 g/mol. The molecule has 1 aliphatic rings. The second kappa shape index (κ2) is 8.67. The number of carbonyl (C=O) groups is 1. The Bertz CT molecular complexity index is 847. The van der Waals surface area contributed by atoms with Crippen LogP contribution in [-0.4, -0.2) is 26.2 Å². The van der Waals surface area contributed by atoms with Gasteiger partial charge in [-0.05, 0) is 54.3 Å². The molecule has 0 unspecified atom stereocenters. The van der Waals surface area contributed by atoms with Gasteiger partial charge in [-0.3, -0.25) is 4.79 Å². The SMILES string of the molecule is COc1ccc(/C=C/C(=O)NC2(c3cccc(Br)c3)CCOCC2)cc1F. The molecule has 1 fully saturated rings. The van der Waals surface area contributed by atoms with Crippen LogP contribution in [-0.2, 0) is 15.1 Å². The van der Waals surface area contributed by atoms with Crippen LogP contribution >= 0.6 is 15.9 Å². The Balaban J connectivity index is 1.78. The van der Waals surface area contributed by atoms with Crippen LogP contribution in [0.15, 0.2) is 53.0 Å². The van der Waals surface area contributed by atoms with Crippen molar-refractivity contribution in [2.45, 2.75) is 18.4 Å². The maximum Gasteiger partial charge on any atom is 0.244 e.